The topological polar surface area (TPSA) is 30.5 Å². The van der Waals surface area contributed by atoms with Gasteiger partial charge in [0.05, 0.1) is 6.61 Å². The summed E-state index contributed by atoms with van der Waals surface area (Å²) in [5.41, 5.74) is 2.79. The molecule has 1 aromatic rings. The second kappa shape index (κ2) is 10.1. The van der Waals surface area contributed by atoms with Crippen molar-refractivity contribution in [2.45, 2.75) is 19.8 Å². The Morgan fingerprint density at radius 2 is 1.89 bits per heavy atom. The molecule has 1 rings (SSSR count). The average Bonchev–Trinajstić information content (AvgIpc) is 2.39. The van der Waals surface area contributed by atoms with Crippen molar-refractivity contribution in [2.24, 2.45) is 0 Å². The molecular formula is C15H25NO2. The Bertz CT molecular complexity index is 315. The number of hydrogen-bond donors (Lipinski definition) is 1. The summed E-state index contributed by atoms with van der Waals surface area (Å²) in [4.78, 5) is 0. The fourth-order valence-electron chi connectivity index (χ4n) is 1.79. The van der Waals surface area contributed by atoms with E-state index >= 15 is 0 Å². The Morgan fingerprint density at radius 3 is 2.67 bits per heavy atom. The Morgan fingerprint density at radius 1 is 1.06 bits per heavy atom. The number of benzene rings is 1. The van der Waals surface area contributed by atoms with E-state index in [4.69, 9.17) is 9.47 Å². The highest BCUT2D eigenvalue weighted by Crippen LogP contribution is 2.06. The molecule has 0 spiro atoms. The van der Waals surface area contributed by atoms with Gasteiger partial charge in [-0.15, -0.1) is 0 Å². The summed E-state index contributed by atoms with van der Waals surface area (Å²) in [6.45, 7) is 6.42. The molecule has 0 radical (unpaired) electrons. The van der Waals surface area contributed by atoms with E-state index in [1.165, 1.54) is 11.1 Å². The first-order valence-electron chi connectivity index (χ1n) is 6.66. The molecular weight excluding hydrogens is 226 g/mol. The van der Waals surface area contributed by atoms with Crippen molar-refractivity contribution < 1.29 is 9.47 Å². The quantitative estimate of drug-likeness (QED) is 0.647. The molecule has 102 valence electrons. The van der Waals surface area contributed by atoms with Crippen molar-refractivity contribution in [2.75, 3.05) is 40.0 Å². The molecule has 0 amide bonds. The van der Waals surface area contributed by atoms with Crippen LogP contribution in [0.5, 0.6) is 0 Å². The molecule has 0 heterocycles. The molecule has 0 aliphatic heterocycles. The highest BCUT2D eigenvalue weighted by Gasteiger charge is 1.96. The number of methoxy groups -OCH3 is 1. The van der Waals surface area contributed by atoms with Crippen LogP contribution in [0.25, 0.3) is 0 Å². The lowest BCUT2D eigenvalue weighted by molar-refractivity contribution is 0.104. The Labute approximate surface area is 110 Å². The van der Waals surface area contributed by atoms with E-state index in [1.807, 2.05) is 0 Å². The normalized spacial score (nSPS) is 10.8. The molecule has 0 aliphatic rings. The Hall–Kier alpha value is -0.900. The van der Waals surface area contributed by atoms with Gasteiger partial charge in [0.15, 0.2) is 0 Å². The van der Waals surface area contributed by atoms with Crippen LogP contribution in [0.4, 0.5) is 0 Å². The van der Waals surface area contributed by atoms with E-state index in [1.54, 1.807) is 7.11 Å². The number of nitrogens with one attached hydrogen (secondary N) is 1. The first-order chi connectivity index (χ1) is 8.84. The maximum atomic E-state index is 5.47. The lowest BCUT2D eigenvalue weighted by Gasteiger charge is -2.07. The molecule has 0 aliphatic carbocycles. The molecule has 0 atom stereocenters. The van der Waals surface area contributed by atoms with Crippen molar-refractivity contribution in [1.29, 1.82) is 0 Å². The Kier molecular flexibility index (Phi) is 8.47. The summed E-state index contributed by atoms with van der Waals surface area (Å²) in [7, 11) is 1.72. The van der Waals surface area contributed by atoms with Crippen molar-refractivity contribution >= 4 is 0 Å². The number of aryl methyl sites for hydroxylation is 1. The molecule has 0 bridgehead atoms. The van der Waals surface area contributed by atoms with E-state index in [-0.39, 0.29) is 0 Å². The van der Waals surface area contributed by atoms with Gasteiger partial charge in [0, 0.05) is 26.9 Å². The van der Waals surface area contributed by atoms with Crippen molar-refractivity contribution in [3.63, 3.8) is 0 Å². The molecule has 0 fully saturated rings. The van der Waals surface area contributed by atoms with Crippen LogP contribution in [-0.4, -0.2) is 40.0 Å². The van der Waals surface area contributed by atoms with Crippen LogP contribution >= 0.6 is 0 Å². The van der Waals surface area contributed by atoms with Gasteiger partial charge in [-0.05, 0) is 37.4 Å². The molecule has 3 nitrogen and oxygen atoms in total. The van der Waals surface area contributed by atoms with Crippen LogP contribution < -0.4 is 5.32 Å². The summed E-state index contributed by atoms with van der Waals surface area (Å²) in [6.07, 6.45) is 2.05. The fraction of sp³-hybridized carbons (Fsp3) is 0.600. The molecule has 0 saturated carbocycles. The molecule has 18 heavy (non-hydrogen) atoms. The molecule has 0 unspecified atom stereocenters. The van der Waals surface area contributed by atoms with Crippen molar-refractivity contribution in [3.8, 4) is 0 Å². The molecule has 0 aromatic heterocycles. The lowest BCUT2D eigenvalue weighted by atomic mass is 10.1. The lowest BCUT2D eigenvalue weighted by Crippen LogP contribution is -2.22. The largest absolute Gasteiger partial charge is 0.385 e. The minimum Gasteiger partial charge on any atom is -0.385 e. The third-order valence-electron chi connectivity index (χ3n) is 2.89. The maximum Gasteiger partial charge on any atom is 0.0590 e. The molecule has 3 heteroatoms. The van der Waals surface area contributed by atoms with Gasteiger partial charge in [0.2, 0.25) is 0 Å². The van der Waals surface area contributed by atoms with Gasteiger partial charge >= 0.3 is 0 Å². The van der Waals surface area contributed by atoms with Gasteiger partial charge in [0.25, 0.3) is 0 Å². The molecule has 0 saturated heterocycles. The predicted molar refractivity (Wildman–Crippen MR) is 75.1 cm³/mol. The maximum absolute atomic E-state index is 5.47. The number of ether oxygens (including phenoxy) is 2. The first kappa shape index (κ1) is 15.2. The van der Waals surface area contributed by atoms with E-state index in [9.17, 15) is 0 Å². The van der Waals surface area contributed by atoms with E-state index in [0.717, 1.165) is 45.8 Å². The second-order valence-corrected chi connectivity index (χ2v) is 4.39. The van der Waals surface area contributed by atoms with Crippen LogP contribution in [0.2, 0.25) is 0 Å². The van der Waals surface area contributed by atoms with Crippen LogP contribution in [0, 0.1) is 6.92 Å². The number of rotatable bonds is 10. The third-order valence-corrected chi connectivity index (χ3v) is 2.89. The zero-order valence-corrected chi connectivity index (χ0v) is 11.6. The summed E-state index contributed by atoms with van der Waals surface area (Å²) in [5.74, 6) is 0. The van der Waals surface area contributed by atoms with Gasteiger partial charge in [-0.2, -0.15) is 0 Å². The summed E-state index contributed by atoms with van der Waals surface area (Å²) >= 11 is 0. The highest BCUT2D eigenvalue weighted by molar-refractivity contribution is 5.25. The predicted octanol–water partition coefficient (Wildman–Crippen LogP) is 2.18. The van der Waals surface area contributed by atoms with E-state index < -0.39 is 0 Å². The highest BCUT2D eigenvalue weighted by atomic mass is 16.5. The van der Waals surface area contributed by atoms with Crippen LogP contribution in [0.15, 0.2) is 24.3 Å². The molecule has 1 N–H and O–H groups in total. The average molecular weight is 251 g/mol. The zero-order chi connectivity index (χ0) is 13.1. The summed E-state index contributed by atoms with van der Waals surface area (Å²) in [6, 6.07) is 8.54. The van der Waals surface area contributed by atoms with Gasteiger partial charge in [-0.25, -0.2) is 0 Å². The summed E-state index contributed by atoms with van der Waals surface area (Å²) in [5, 5.41) is 3.40. The zero-order valence-electron chi connectivity index (χ0n) is 11.6. The summed E-state index contributed by atoms with van der Waals surface area (Å²) < 4.78 is 10.4. The van der Waals surface area contributed by atoms with E-state index in [2.05, 4.69) is 36.5 Å². The smallest absolute Gasteiger partial charge is 0.0590 e. The monoisotopic (exact) mass is 251 g/mol. The Balaban J connectivity index is 1.94. The van der Waals surface area contributed by atoms with Gasteiger partial charge < -0.3 is 14.8 Å². The van der Waals surface area contributed by atoms with E-state index in [0.29, 0.717) is 0 Å². The second-order valence-electron chi connectivity index (χ2n) is 4.39. The van der Waals surface area contributed by atoms with Crippen LogP contribution in [-0.2, 0) is 15.9 Å². The van der Waals surface area contributed by atoms with Gasteiger partial charge in [-0.1, -0.05) is 24.3 Å². The van der Waals surface area contributed by atoms with Crippen molar-refractivity contribution in [1.82, 2.24) is 5.32 Å². The third kappa shape index (κ3) is 6.74. The van der Waals surface area contributed by atoms with Gasteiger partial charge in [0.1, 0.15) is 0 Å². The van der Waals surface area contributed by atoms with Crippen LogP contribution in [0.1, 0.15) is 17.5 Å². The minimum absolute atomic E-state index is 0.775. The minimum atomic E-state index is 0.775. The fourth-order valence-corrected chi connectivity index (χ4v) is 1.79. The SMILES string of the molecule is COCCCOCCNCCc1ccccc1C. The number of hydrogen-bond acceptors (Lipinski definition) is 3. The van der Waals surface area contributed by atoms with Gasteiger partial charge in [-0.3, -0.25) is 0 Å². The molecule has 1 aromatic carbocycles. The first-order valence-corrected chi connectivity index (χ1v) is 6.66. The standard InChI is InChI=1S/C15H25NO2/c1-14-6-3-4-7-15(14)8-9-16-10-13-18-12-5-11-17-2/h3-4,6-7,16H,5,8-13H2,1-2H3. The van der Waals surface area contributed by atoms with Crippen molar-refractivity contribution in [3.05, 3.63) is 35.4 Å². The van der Waals surface area contributed by atoms with Crippen LogP contribution in [0.3, 0.4) is 0 Å².